The molecule has 3 heterocycles. The number of aromatic amines is 1. The number of carbonyl (C=O) groups excluding carboxylic acids is 2. The first kappa shape index (κ1) is 20.1. The predicted octanol–water partition coefficient (Wildman–Crippen LogP) is 2.38. The third kappa shape index (κ3) is 3.79. The van der Waals surface area contributed by atoms with Gasteiger partial charge in [0.05, 0.1) is 19.1 Å². The van der Waals surface area contributed by atoms with E-state index in [0.29, 0.717) is 30.9 Å². The molecule has 1 aromatic heterocycles. The number of imidazole rings is 1. The molecular weight excluding hydrogens is 388 g/mol. The van der Waals surface area contributed by atoms with E-state index in [0.717, 1.165) is 17.0 Å². The monoisotopic (exact) mass is 414 g/mol. The molecule has 2 atom stereocenters. The van der Waals surface area contributed by atoms with E-state index in [2.05, 4.69) is 15.3 Å². The van der Waals surface area contributed by atoms with Crippen LogP contribution < -0.4 is 14.8 Å². The van der Waals surface area contributed by atoms with Crippen LogP contribution in [0.4, 0.5) is 4.79 Å². The van der Waals surface area contributed by atoms with Crippen molar-refractivity contribution in [2.24, 2.45) is 5.92 Å². The molecule has 1 unspecified atom stereocenters. The van der Waals surface area contributed by atoms with Crippen molar-refractivity contribution in [2.45, 2.75) is 38.8 Å². The lowest BCUT2D eigenvalue weighted by molar-refractivity contribution is -0.143. The first-order chi connectivity index (χ1) is 14.5. The van der Waals surface area contributed by atoms with E-state index in [-0.39, 0.29) is 18.7 Å². The van der Waals surface area contributed by atoms with E-state index >= 15 is 0 Å². The SMILES string of the molecule is COC(=O)[C@H](CC(C)C)NC(=O)N1CCc2[nH]cnc2C1c1ccc2c(c1)OCO2. The number of H-pyrrole nitrogens is 1. The summed E-state index contributed by atoms with van der Waals surface area (Å²) in [7, 11) is 1.33. The lowest BCUT2D eigenvalue weighted by atomic mass is 9.95. The quantitative estimate of drug-likeness (QED) is 0.728. The molecular formula is C21H26N4O5. The topological polar surface area (TPSA) is 106 Å². The predicted molar refractivity (Wildman–Crippen MR) is 107 cm³/mol. The average Bonchev–Trinajstić information content (AvgIpc) is 3.39. The number of esters is 1. The van der Waals surface area contributed by atoms with Crippen LogP contribution in [0.15, 0.2) is 24.5 Å². The molecule has 2 aliphatic heterocycles. The Labute approximate surface area is 174 Å². The van der Waals surface area contributed by atoms with Gasteiger partial charge in [-0.2, -0.15) is 0 Å². The van der Waals surface area contributed by atoms with Gasteiger partial charge in [-0.25, -0.2) is 14.6 Å². The Hall–Kier alpha value is -3.23. The van der Waals surface area contributed by atoms with Gasteiger partial charge in [-0.15, -0.1) is 0 Å². The molecule has 0 saturated heterocycles. The number of aromatic nitrogens is 2. The second-order valence-corrected chi connectivity index (χ2v) is 7.88. The Kier molecular flexibility index (Phi) is 5.52. The Bertz CT molecular complexity index is 941. The Balaban J connectivity index is 1.64. The number of urea groups is 1. The second kappa shape index (κ2) is 8.25. The first-order valence-electron chi connectivity index (χ1n) is 10.0. The van der Waals surface area contributed by atoms with Crippen LogP contribution in [0.2, 0.25) is 0 Å². The highest BCUT2D eigenvalue weighted by atomic mass is 16.7. The molecule has 2 N–H and O–H groups in total. The molecule has 0 fully saturated rings. The number of nitrogens with one attached hydrogen (secondary N) is 2. The maximum Gasteiger partial charge on any atom is 0.328 e. The number of benzene rings is 1. The van der Waals surface area contributed by atoms with Crippen molar-refractivity contribution in [3.05, 3.63) is 41.5 Å². The summed E-state index contributed by atoms with van der Waals surface area (Å²) < 4.78 is 15.8. The molecule has 160 valence electrons. The summed E-state index contributed by atoms with van der Waals surface area (Å²) in [6.07, 6.45) is 2.79. The average molecular weight is 414 g/mol. The number of ether oxygens (including phenoxy) is 3. The van der Waals surface area contributed by atoms with E-state index in [4.69, 9.17) is 14.2 Å². The fourth-order valence-corrected chi connectivity index (χ4v) is 3.98. The number of nitrogens with zero attached hydrogens (tertiary/aromatic N) is 2. The van der Waals surface area contributed by atoms with E-state index in [1.54, 1.807) is 11.2 Å². The minimum atomic E-state index is -0.708. The number of hydrogen-bond donors (Lipinski definition) is 2. The molecule has 2 aromatic rings. The van der Waals surface area contributed by atoms with E-state index in [1.807, 2.05) is 32.0 Å². The third-order valence-electron chi connectivity index (χ3n) is 5.39. The van der Waals surface area contributed by atoms with Crippen molar-refractivity contribution in [1.29, 1.82) is 0 Å². The zero-order valence-corrected chi connectivity index (χ0v) is 17.3. The van der Waals surface area contributed by atoms with Crippen LogP contribution in [0.25, 0.3) is 0 Å². The molecule has 9 heteroatoms. The van der Waals surface area contributed by atoms with Gasteiger partial charge >= 0.3 is 12.0 Å². The number of fused-ring (bicyclic) bond motifs is 2. The van der Waals surface area contributed by atoms with Gasteiger partial charge in [0.15, 0.2) is 11.5 Å². The van der Waals surface area contributed by atoms with Crippen molar-refractivity contribution in [1.82, 2.24) is 20.2 Å². The fraction of sp³-hybridized carbons (Fsp3) is 0.476. The molecule has 0 radical (unpaired) electrons. The minimum absolute atomic E-state index is 0.178. The summed E-state index contributed by atoms with van der Waals surface area (Å²) >= 11 is 0. The molecule has 4 rings (SSSR count). The maximum absolute atomic E-state index is 13.3. The molecule has 30 heavy (non-hydrogen) atoms. The zero-order chi connectivity index (χ0) is 21.3. The Morgan fingerprint density at radius 2 is 2.13 bits per heavy atom. The lowest BCUT2D eigenvalue weighted by Gasteiger charge is -2.36. The third-order valence-corrected chi connectivity index (χ3v) is 5.39. The summed E-state index contributed by atoms with van der Waals surface area (Å²) in [6.45, 7) is 4.65. The van der Waals surface area contributed by atoms with Crippen molar-refractivity contribution in [2.75, 3.05) is 20.4 Å². The first-order valence-corrected chi connectivity index (χ1v) is 10.0. The summed E-state index contributed by atoms with van der Waals surface area (Å²) in [4.78, 5) is 34.8. The van der Waals surface area contributed by atoms with Crippen LogP contribution in [0, 0.1) is 5.92 Å². The van der Waals surface area contributed by atoms with Crippen LogP contribution >= 0.6 is 0 Å². The molecule has 0 saturated carbocycles. The molecule has 0 spiro atoms. The summed E-state index contributed by atoms with van der Waals surface area (Å²) in [5.41, 5.74) is 2.64. The van der Waals surface area contributed by atoms with Gasteiger partial charge in [-0.3, -0.25) is 0 Å². The van der Waals surface area contributed by atoms with Gasteiger partial charge in [0.1, 0.15) is 12.1 Å². The van der Waals surface area contributed by atoms with Gasteiger partial charge in [0.25, 0.3) is 0 Å². The standard InChI is InChI=1S/C21H26N4O5/c1-12(2)8-15(20(26)28-3)24-21(27)25-7-6-14-18(23-10-22-14)19(25)13-4-5-16-17(9-13)30-11-29-16/h4-5,9-10,12,15,19H,6-8,11H2,1-3H3,(H,22,23)(H,24,27)/t15-,19?/m0/s1. The molecule has 9 nitrogen and oxygen atoms in total. The number of hydrogen-bond acceptors (Lipinski definition) is 6. The van der Waals surface area contributed by atoms with Crippen molar-refractivity contribution in [3.8, 4) is 11.5 Å². The molecule has 2 aliphatic rings. The van der Waals surface area contributed by atoms with Gasteiger partial charge in [0, 0.05) is 18.7 Å². The zero-order valence-electron chi connectivity index (χ0n) is 17.3. The molecule has 1 aromatic carbocycles. The van der Waals surface area contributed by atoms with Crippen LogP contribution in [-0.2, 0) is 16.0 Å². The smallest absolute Gasteiger partial charge is 0.328 e. The Morgan fingerprint density at radius 1 is 1.33 bits per heavy atom. The van der Waals surface area contributed by atoms with Crippen LogP contribution in [0.1, 0.15) is 43.3 Å². The van der Waals surface area contributed by atoms with Crippen molar-refractivity contribution in [3.63, 3.8) is 0 Å². The number of amides is 2. The summed E-state index contributed by atoms with van der Waals surface area (Å²) in [5.74, 6) is 1.09. The fourth-order valence-electron chi connectivity index (χ4n) is 3.98. The maximum atomic E-state index is 13.3. The highest BCUT2D eigenvalue weighted by Gasteiger charge is 2.36. The summed E-state index contributed by atoms with van der Waals surface area (Å²) in [5, 5.41) is 2.86. The van der Waals surface area contributed by atoms with Gasteiger partial charge in [-0.05, 0) is 30.0 Å². The van der Waals surface area contributed by atoms with Gasteiger partial charge in [0.2, 0.25) is 6.79 Å². The van der Waals surface area contributed by atoms with Gasteiger partial charge in [-0.1, -0.05) is 19.9 Å². The van der Waals surface area contributed by atoms with E-state index in [1.165, 1.54) is 7.11 Å². The van der Waals surface area contributed by atoms with Crippen molar-refractivity contribution >= 4 is 12.0 Å². The highest BCUT2D eigenvalue weighted by molar-refractivity contribution is 5.84. The molecule has 0 bridgehead atoms. The van der Waals surface area contributed by atoms with Gasteiger partial charge < -0.3 is 29.4 Å². The normalized spacial score (nSPS) is 18.1. The lowest BCUT2D eigenvalue weighted by Crippen LogP contribution is -2.51. The Morgan fingerprint density at radius 3 is 2.90 bits per heavy atom. The van der Waals surface area contributed by atoms with Crippen LogP contribution in [0.5, 0.6) is 11.5 Å². The molecule has 2 amide bonds. The molecule has 0 aliphatic carbocycles. The highest BCUT2D eigenvalue weighted by Crippen LogP contribution is 2.39. The number of methoxy groups -OCH3 is 1. The van der Waals surface area contributed by atoms with Crippen LogP contribution in [-0.4, -0.2) is 53.4 Å². The minimum Gasteiger partial charge on any atom is -0.467 e. The van der Waals surface area contributed by atoms with Crippen LogP contribution in [0.3, 0.4) is 0 Å². The number of carbonyl (C=O) groups is 2. The summed E-state index contributed by atoms with van der Waals surface area (Å²) in [6, 6.07) is 4.18. The largest absolute Gasteiger partial charge is 0.467 e. The van der Waals surface area contributed by atoms with E-state index < -0.39 is 18.1 Å². The second-order valence-electron chi connectivity index (χ2n) is 7.88. The van der Waals surface area contributed by atoms with E-state index in [9.17, 15) is 9.59 Å². The van der Waals surface area contributed by atoms with Crippen molar-refractivity contribution < 1.29 is 23.8 Å². The number of rotatable bonds is 5.